The van der Waals surface area contributed by atoms with E-state index in [0.717, 1.165) is 23.9 Å². The van der Waals surface area contributed by atoms with E-state index in [9.17, 15) is 5.11 Å². The molecule has 2 aromatic rings. The first kappa shape index (κ1) is 10.8. The van der Waals surface area contributed by atoms with Gasteiger partial charge in [-0.05, 0) is 37.3 Å². The van der Waals surface area contributed by atoms with Crippen LogP contribution in [0.2, 0.25) is 0 Å². The lowest BCUT2D eigenvalue weighted by Gasteiger charge is -2.32. The smallest absolute Gasteiger partial charge is 0.0818 e. The van der Waals surface area contributed by atoms with Crippen LogP contribution in [-0.4, -0.2) is 10.1 Å². The van der Waals surface area contributed by atoms with E-state index in [1.54, 1.807) is 0 Å². The van der Waals surface area contributed by atoms with Gasteiger partial charge in [0.2, 0.25) is 0 Å². The second-order valence-electron chi connectivity index (χ2n) is 6.13. The van der Waals surface area contributed by atoms with E-state index < -0.39 is 0 Å². The van der Waals surface area contributed by atoms with Crippen molar-refractivity contribution in [2.24, 2.45) is 5.41 Å². The molecule has 1 aromatic heterocycles. The van der Waals surface area contributed by atoms with Crippen molar-refractivity contribution in [2.45, 2.75) is 39.7 Å². The maximum Gasteiger partial charge on any atom is 0.0818 e. The number of aliphatic hydroxyl groups is 1. The van der Waals surface area contributed by atoms with E-state index in [1.807, 2.05) is 0 Å². The summed E-state index contributed by atoms with van der Waals surface area (Å²) < 4.78 is 0. The van der Waals surface area contributed by atoms with Crippen LogP contribution < -0.4 is 0 Å². The minimum atomic E-state index is -0.329. The van der Waals surface area contributed by atoms with E-state index in [4.69, 9.17) is 0 Å². The number of aromatic amines is 1. The molecular formula is C15H19NO. The van der Waals surface area contributed by atoms with Gasteiger partial charge in [-0.25, -0.2) is 0 Å². The fourth-order valence-corrected chi connectivity index (χ4v) is 3.08. The second kappa shape index (κ2) is 3.36. The van der Waals surface area contributed by atoms with E-state index in [0.29, 0.717) is 0 Å². The third-order valence-corrected chi connectivity index (χ3v) is 3.81. The van der Waals surface area contributed by atoms with E-state index in [-0.39, 0.29) is 11.5 Å². The molecule has 0 amide bonds. The predicted octanol–water partition coefficient (Wildman–Crippen LogP) is 3.48. The summed E-state index contributed by atoms with van der Waals surface area (Å²) in [4.78, 5) is 3.47. The molecule has 0 aliphatic heterocycles. The molecule has 1 aliphatic carbocycles. The zero-order valence-corrected chi connectivity index (χ0v) is 10.7. The molecule has 0 spiro atoms. The number of rotatable bonds is 0. The molecular weight excluding hydrogens is 210 g/mol. The van der Waals surface area contributed by atoms with Gasteiger partial charge in [0.1, 0.15) is 0 Å². The molecule has 0 radical (unpaired) electrons. The predicted molar refractivity (Wildman–Crippen MR) is 70.1 cm³/mol. The number of benzene rings is 1. The first-order valence-electron chi connectivity index (χ1n) is 6.25. The molecule has 90 valence electrons. The number of aryl methyl sites for hydroxylation is 1. The topological polar surface area (TPSA) is 36.0 Å². The fraction of sp³-hybridized carbons (Fsp3) is 0.467. The summed E-state index contributed by atoms with van der Waals surface area (Å²) in [6.45, 7) is 6.53. The molecule has 1 unspecified atom stereocenters. The number of hydrogen-bond acceptors (Lipinski definition) is 1. The molecule has 17 heavy (non-hydrogen) atoms. The van der Waals surface area contributed by atoms with Gasteiger partial charge in [-0.15, -0.1) is 0 Å². The van der Waals surface area contributed by atoms with Crippen molar-refractivity contribution >= 4 is 10.9 Å². The number of nitrogens with one attached hydrogen (secondary N) is 1. The molecule has 0 fully saturated rings. The number of aliphatic hydroxyl groups excluding tert-OH is 1. The molecule has 1 aromatic carbocycles. The molecule has 2 N–H and O–H groups in total. The number of hydrogen-bond donors (Lipinski definition) is 2. The summed E-state index contributed by atoms with van der Waals surface area (Å²) in [5, 5.41) is 11.6. The van der Waals surface area contributed by atoms with Crippen LogP contribution in [0.4, 0.5) is 0 Å². The van der Waals surface area contributed by atoms with Crippen LogP contribution in [-0.2, 0) is 6.42 Å². The van der Waals surface area contributed by atoms with Gasteiger partial charge in [-0.2, -0.15) is 0 Å². The van der Waals surface area contributed by atoms with Crippen LogP contribution >= 0.6 is 0 Å². The molecule has 0 saturated heterocycles. The van der Waals surface area contributed by atoms with Crippen molar-refractivity contribution in [3.05, 3.63) is 35.0 Å². The molecule has 3 rings (SSSR count). The standard InChI is InChI=1S/C15H19NO/c1-9-4-5-11-10(6-9)14-12(16-11)7-15(2,3)8-13(14)17/h4-6,13,16-17H,7-8H2,1-3H3. The van der Waals surface area contributed by atoms with Crippen LogP contribution in [0.3, 0.4) is 0 Å². The number of fused-ring (bicyclic) bond motifs is 3. The van der Waals surface area contributed by atoms with Crippen LogP contribution in [0.1, 0.15) is 43.2 Å². The van der Waals surface area contributed by atoms with Gasteiger partial charge in [-0.3, -0.25) is 0 Å². The quantitative estimate of drug-likeness (QED) is 0.712. The third-order valence-electron chi connectivity index (χ3n) is 3.81. The molecule has 1 atom stereocenters. The van der Waals surface area contributed by atoms with Crippen molar-refractivity contribution in [1.29, 1.82) is 0 Å². The van der Waals surface area contributed by atoms with Gasteiger partial charge < -0.3 is 10.1 Å². The van der Waals surface area contributed by atoms with Gasteiger partial charge >= 0.3 is 0 Å². The Bertz CT molecular complexity index is 580. The van der Waals surface area contributed by atoms with E-state index in [1.165, 1.54) is 16.6 Å². The fourth-order valence-electron chi connectivity index (χ4n) is 3.08. The van der Waals surface area contributed by atoms with Crippen molar-refractivity contribution in [3.63, 3.8) is 0 Å². The minimum Gasteiger partial charge on any atom is -0.388 e. The van der Waals surface area contributed by atoms with Gasteiger partial charge in [0, 0.05) is 22.2 Å². The van der Waals surface area contributed by atoms with Crippen molar-refractivity contribution in [3.8, 4) is 0 Å². The van der Waals surface area contributed by atoms with E-state index in [2.05, 4.69) is 44.0 Å². The lowest BCUT2D eigenvalue weighted by atomic mass is 9.75. The van der Waals surface area contributed by atoms with Crippen LogP contribution in [0, 0.1) is 12.3 Å². The van der Waals surface area contributed by atoms with Gasteiger partial charge in [0.25, 0.3) is 0 Å². The Labute approximate surface area is 102 Å². The average Bonchev–Trinajstić information content (AvgIpc) is 2.52. The normalized spacial score (nSPS) is 22.7. The molecule has 0 bridgehead atoms. The highest BCUT2D eigenvalue weighted by Gasteiger charge is 2.33. The highest BCUT2D eigenvalue weighted by molar-refractivity contribution is 5.86. The Morgan fingerprint density at radius 2 is 2.12 bits per heavy atom. The summed E-state index contributed by atoms with van der Waals surface area (Å²) >= 11 is 0. The zero-order valence-electron chi connectivity index (χ0n) is 10.7. The Morgan fingerprint density at radius 3 is 2.88 bits per heavy atom. The first-order chi connectivity index (χ1) is 7.96. The Balaban J connectivity index is 2.25. The summed E-state index contributed by atoms with van der Waals surface area (Å²) in [6.07, 6.45) is 1.54. The van der Waals surface area contributed by atoms with Crippen molar-refractivity contribution < 1.29 is 5.11 Å². The summed E-state index contributed by atoms with van der Waals surface area (Å²) in [5.41, 5.74) is 4.92. The summed E-state index contributed by atoms with van der Waals surface area (Å²) in [5.74, 6) is 0. The summed E-state index contributed by atoms with van der Waals surface area (Å²) in [6, 6.07) is 6.40. The van der Waals surface area contributed by atoms with E-state index >= 15 is 0 Å². The van der Waals surface area contributed by atoms with Crippen molar-refractivity contribution in [1.82, 2.24) is 4.98 Å². The van der Waals surface area contributed by atoms with Gasteiger partial charge in [-0.1, -0.05) is 25.5 Å². The maximum atomic E-state index is 10.4. The van der Waals surface area contributed by atoms with Crippen LogP contribution in [0.25, 0.3) is 10.9 Å². The van der Waals surface area contributed by atoms with Gasteiger partial charge in [0.15, 0.2) is 0 Å². The second-order valence-corrected chi connectivity index (χ2v) is 6.13. The first-order valence-corrected chi connectivity index (χ1v) is 6.25. The maximum absolute atomic E-state index is 10.4. The number of H-pyrrole nitrogens is 1. The Morgan fingerprint density at radius 1 is 1.35 bits per heavy atom. The molecule has 2 nitrogen and oxygen atoms in total. The molecule has 2 heteroatoms. The highest BCUT2D eigenvalue weighted by atomic mass is 16.3. The van der Waals surface area contributed by atoms with Crippen LogP contribution in [0.5, 0.6) is 0 Å². The summed E-state index contributed by atoms with van der Waals surface area (Å²) in [7, 11) is 0. The Kier molecular flexibility index (Phi) is 2.14. The molecule has 0 saturated carbocycles. The highest BCUT2D eigenvalue weighted by Crippen LogP contribution is 2.43. The van der Waals surface area contributed by atoms with Crippen molar-refractivity contribution in [2.75, 3.05) is 0 Å². The molecule has 1 heterocycles. The number of aromatic nitrogens is 1. The van der Waals surface area contributed by atoms with Gasteiger partial charge in [0.05, 0.1) is 6.10 Å². The monoisotopic (exact) mass is 229 g/mol. The lowest BCUT2D eigenvalue weighted by molar-refractivity contribution is 0.100. The lowest BCUT2D eigenvalue weighted by Crippen LogP contribution is -2.25. The SMILES string of the molecule is Cc1ccc2[nH]c3c(c2c1)C(O)CC(C)(C)C3. The van der Waals surface area contributed by atoms with Crippen LogP contribution in [0.15, 0.2) is 18.2 Å². The zero-order chi connectivity index (χ0) is 12.2. The minimum absolute atomic E-state index is 0.183. The Hall–Kier alpha value is -1.28. The third kappa shape index (κ3) is 1.67. The largest absolute Gasteiger partial charge is 0.388 e. The average molecular weight is 229 g/mol. The molecule has 1 aliphatic rings.